The molecule has 0 fully saturated rings. The Hall–Kier alpha value is -5.44. The molecule has 0 aromatic heterocycles. The second kappa shape index (κ2) is 12.1. The molecule has 0 bridgehead atoms. The van der Waals surface area contributed by atoms with E-state index in [-0.39, 0.29) is 0 Å². The van der Waals surface area contributed by atoms with Crippen molar-refractivity contribution < 1.29 is 26.3 Å². The molecule has 1 aliphatic rings. The second-order valence-corrected chi connectivity index (χ2v) is 18.5. The number of hydrogen-bond acceptors (Lipinski definition) is 0. The van der Waals surface area contributed by atoms with Crippen molar-refractivity contribution in [3.05, 3.63) is 178 Å². The zero-order chi connectivity index (χ0) is 32.7. The molecule has 47 heavy (non-hydrogen) atoms. The Kier molecular flexibility index (Phi) is 7.76. The molecule has 1 heterocycles. The van der Waals surface area contributed by atoms with Crippen LogP contribution < -0.4 is 17.6 Å². The predicted molar refractivity (Wildman–Crippen MR) is 174 cm³/mol. The fourth-order valence-electron chi connectivity index (χ4n) is 6.27. The Morgan fingerprint density at radius 1 is 0.340 bits per heavy atom. The third-order valence-electron chi connectivity index (χ3n) is 8.27. The van der Waals surface area contributed by atoms with Crippen molar-refractivity contribution in [3.8, 4) is 34.8 Å². The van der Waals surface area contributed by atoms with Gasteiger partial charge >= 0.3 is 270 Å². The fourth-order valence-corrected chi connectivity index (χ4v) is 17.3. The molecule has 226 valence electrons. The molecule has 0 atom stereocenters. The number of fused-ring (bicyclic) bond motifs is 3. The van der Waals surface area contributed by atoms with E-state index in [0.29, 0.717) is 19.9 Å². The normalized spacial score (nSPS) is 12.3. The van der Waals surface area contributed by atoms with Gasteiger partial charge in [-0.25, -0.2) is 0 Å². The van der Waals surface area contributed by atoms with Crippen LogP contribution in [0.5, 0.6) is 0 Å². The monoisotopic (exact) mass is 688 g/mol. The minimum atomic E-state index is -5.20. The maximum atomic E-state index is 17.2. The molecular formula is C40H20F6Ge. The molecule has 0 N–H and O–H groups in total. The Bertz CT molecular complexity index is 2130. The van der Waals surface area contributed by atoms with E-state index >= 15 is 26.3 Å². The van der Waals surface area contributed by atoms with Crippen LogP contribution in [0.25, 0.3) is 11.1 Å². The summed E-state index contributed by atoms with van der Waals surface area (Å²) in [5, 5.41) is 0. The quantitative estimate of drug-likeness (QED) is 0.0825. The van der Waals surface area contributed by atoms with Crippen molar-refractivity contribution in [2.45, 2.75) is 0 Å². The van der Waals surface area contributed by atoms with E-state index in [9.17, 15) is 0 Å². The van der Waals surface area contributed by atoms with Gasteiger partial charge in [0.05, 0.1) is 0 Å². The molecular weight excluding hydrogens is 667 g/mol. The summed E-state index contributed by atoms with van der Waals surface area (Å²) in [4.78, 5) is 0. The molecule has 0 aliphatic carbocycles. The van der Waals surface area contributed by atoms with Gasteiger partial charge in [-0.15, -0.1) is 0 Å². The van der Waals surface area contributed by atoms with Crippen LogP contribution >= 0.6 is 0 Å². The second-order valence-electron chi connectivity index (χ2n) is 10.8. The van der Waals surface area contributed by atoms with Gasteiger partial charge in [0.2, 0.25) is 0 Å². The summed E-state index contributed by atoms with van der Waals surface area (Å²) in [6.45, 7) is 0. The SMILES string of the molecule is Fc1c(F)c2[c](c(F)c1C#Cc1ccccc1)[Ge]([c]1ccccc1)([c]1ccccc1)[c]1c(F)c(C#Cc3ccccc3)c(F)c(F)c1-2. The molecule has 0 nitrogen and oxygen atoms in total. The van der Waals surface area contributed by atoms with Crippen molar-refractivity contribution in [2.75, 3.05) is 0 Å². The summed E-state index contributed by atoms with van der Waals surface area (Å²) in [6, 6.07) is 33.1. The van der Waals surface area contributed by atoms with Crippen molar-refractivity contribution in [1.29, 1.82) is 0 Å². The summed E-state index contributed by atoms with van der Waals surface area (Å²) in [5.41, 5.74) is -2.63. The van der Waals surface area contributed by atoms with Gasteiger partial charge in [0, 0.05) is 0 Å². The van der Waals surface area contributed by atoms with Gasteiger partial charge in [-0.1, -0.05) is 0 Å². The van der Waals surface area contributed by atoms with Crippen LogP contribution in [0.4, 0.5) is 26.3 Å². The van der Waals surface area contributed by atoms with E-state index in [4.69, 9.17) is 0 Å². The summed E-state index contributed by atoms with van der Waals surface area (Å²) < 4.78 is 98.8. The zero-order valence-electron chi connectivity index (χ0n) is 24.3. The van der Waals surface area contributed by atoms with Gasteiger partial charge in [-0.05, 0) is 0 Å². The summed E-state index contributed by atoms with van der Waals surface area (Å²) in [6.07, 6.45) is 0. The number of benzene rings is 6. The average Bonchev–Trinajstić information content (AvgIpc) is 3.45. The van der Waals surface area contributed by atoms with Crippen LogP contribution in [-0.4, -0.2) is 13.3 Å². The molecule has 7 heteroatoms. The maximum absolute atomic E-state index is 17.2. The van der Waals surface area contributed by atoms with Crippen LogP contribution in [0, 0.1) is 58.6 Å². The van der Waals surface area contributed by atoms with Gasteiger partial charge in [-0.3, -0.25) is 0 Å². The van der Waals surface area contributed by atoms with Crippen LogP contribution in [0.3, 0.4) is 0 Å². The summed E-state index contributed by atoms with van der Waals surface area (Å²) >= 11 is -5.20. The first-order chi connectivity index (χ1) is 22.9. The zero-order valence-corrected chi connectivity index (χ0v) is 26.4. The standard InChI is InChI=1S/C40H20F6Ge/c41-33-29(23-21-25-13-5-1-6-14-25)35(43)39-31(37(33)45)32-38(46)34(42)30(24-22-26-15-7-2-8-16-26)36(44)40(32)47(39,27-17-9-3-10-18-27)28-19-11-4-12-20-28/h1-20H. The van der Waals surface area contributed by atoms with E-state index in [1.165, 1.54) is 0 Å². The summed E-state index contributed by atoms with van der Waals surface area (Å²) in [7, 11) is 0. The summed E-state index contributed by atoms with van der Waals surface area (Å²) in [5.74, 6) is 1.06. The third kappa shape index (κ3) is 4.76. The van der Waals surface area contributed by atoms with E-state index in [2.05, 4.69) is 23.7 Å². The molecule has 0 spiro atoms. The average molecular weight is 687 g/mol. The van der Waals surface area contributed by atoms with E-state index in [1.807, 2.05) is 0 Å². The van der Waals surface area contributed by atoms with Gasteiger partial charge < -0.3 is 0 Å². The number of halogens is 6. The molecule has 0 radical (unpaired) electrons. The third-order valence-corrected chi connectivity index (χ3v) is 18.4. The first-order valence-corrected chi connectivity index (χ1v) is 18.7. The first kappa shape index (κ1) is 30.2. The van der Waals surface area contributed by atoms with Gasteiger partial charge in [0.1, 0.15) is 0 Å². The molecule has 1 aliphatic heterocycles. The molecule has 0 saturated carbocycles. The molecule has 6 aromatic rings. The van der Waals surface area contributed by atoms with Crippen LogP contribution in [0.15, 0.2) is 121 Å². The van der Waals surface area contributed by atoms with Crippen molar-refractivity contribution in [3.63, 3.8) is 0 Å². The Labute approximate surface area is 269 Å². The van der Waals surface area contributed by atoms with Crippen molar-refractivity contribution in [2.24, 2.45) is 0 Å². The van der Waals surface area contributed by atoms with Crippen LogP contribution in [-0.2, 0) is 0 Å². The van der Waals surface area contributed by atoms with E-state index in [0.717, 1.165) is 0 Å². The Morgan fingerprint density at radius 2 is 0.660 bits per heavy atom. The topological polar surface area (TPSA) is 0 Å². The van der Waals surface area contributed by atoms with Crippen LogP contribution in [0.1, 0.15) is 22.3 Å². The molecule has 0 unspecified atom stereocenters. The fraction of sp³-hybridized carbons (Fsp3) is 0. The number of hydrogen-bond donors (Lipinski definition) is 0. The molecule has 7 rings (SSSR count). The van der Waals surface area contributed by atoms with Gasteiger partial charge in [-0.2, -0.15) is 0 Å². The predicted octanol–water partition coefficient (Wildman–Crippen LogP) is 6.68. The van der Waals surface area contributed by atoms with Crippen molar-refractivity contribution >= 4 is 30.8 Å². The molecule has 6 aromatic carbocycles. The van der Waals surface area contributed by atoms with E-state index < -0.39 is 79.2 Å². The van der Waals surface area contributed by atoms with Crippen molar-refractivity contribution in [1.82, 2.24) is 0 Å². The van der Waals surface area contributed by atoms with Gasteiger partial charge in [0.15, 0.2) is 0 Å². The minimum absolute atomic E-state index is 0.387. The molecule has 0 amide bonds. The van der Waals surface area contributed by atoms with Gasteiger partial charge in [0.25, 0.3) is 0 Å². The Morgan fingerprint density at radius 3 is 1.00 bits per heavy atom. The van der Waals surface area contributed by atoms with E-state index in [1.54, 1.807) is 121 Å². The first-order valence-electron chi connectivity index (χ1n) is 14.5. The Balaban J connectivity index is 1.66. The number of rotatable bonds is 2. The molecule has 0 saturated heterocycles. The van der Waals surface area contributed by atoms with Crippen LogP contribution in [0.2, 0.25) is 0 Å².